The average molecular weight is 392 g/mol. The van der Waals surface area contributed by atoms with E-state index in [4.69, 9.17) is 16.6 Å². The minimum absolute atomic E-state index is 0.670. The van der Waals surface area contributed by atoms with E-state index in [1.165, 1.54) is 4.70 Å². The van der Waals surface area contributed by atoms with Gasteiger partial charge in [0.1, 0.15) is 12.1 Å². The number of rotatable bonds is 3. The molecule has 5 nitrogen and oxygen atoms in total. The summed E-state index contributed by atoms with van der Waals surface area (Å²) >= 11 is 8.12. The van der Waals surface area contributed by atoms with E-state index in [2.05, 4.69) is 38.0 Å². The number of fused-ring (bicyclic) bond motifs is 3. The van der Waals surface area contributed by atoms with Crippen molar-refractivity contribution in [3.63, 3.8) is 0 Å². The molecule has 5 rings (SSSR count). The SMILES string of the molecule is Cc1cccc(Cl)c1Nc1nc2c(-c3nnc[nH]3)cccc2c2sccc12. The molecule has 132 valence electrons. The first-order valence-electron chi connectivity index (χ1n) is 8.41. The number of benzene rings is 2. The molecule has 0 atom stereocenters. The van der Waals surface area contributed by atoms with Crippen LogP contribution in [0.2, 0.25) is 5.02 Å². The van der Waals surface area contributed by atoms with Gasteiger partial charge >= 0.3 is 0 Å². The van der Waals surface area contributed by atoms with Crippen LogP contribution in [0.25, 0.3) is 32.4 Å². The van der Waals surface area contributed by atoms with Crippen molar-refractivity contribution in [1.82, 2.24) is 20.2 Å². The van der Waals surface area contributed by atoms with Gasteiger partial charge in [-0.3, -0.25) is 0 Å². The number of H-pyrrole nitrogens is 1. The van der Waals surface area contributed by atoms with Gasteiger partial charge in [0.15, 0.2) is 5.82 Å². The third kappa shape index (κ3) is 2.65. The van der Waals surface area contributed by atoms with Crippen LogP contribution in [0, 0.1) is 6.92 Å². The first-order chi connectivity index (χ1) is 13.2. The molecule has 5 aromatic rings. The lowest BCUT2D eigenvalue weighted by Gasteiger charge is -2.14. The fourth-order valence-corrected chi connectivity index (χ4v) is 4.45. The smallest absolute Gasteiger partial charge is 0.163 e. The maximum atomic E-state index is 6.42. The molecule has 0 saturated heterocycles. The molecule has 0 saturated carbocycles. The number of hydrogen-bond acceptors (Lipinski definition) is 5. The Bertz CT molecular complexity index is 1260. The third-order valence-electron chi connectivity index (χ3n) is 4.56. The minimum Gasteiger partial charge on any atom is -0.338 e. The Hall–Kier alpha value is -2.96. The second-order valence-corrected chi connectivity index (χ2v) is 7.54. The molecule has 2 aromatic carbocycles. The lowest BCUT2D eigenvalue weighted by molar-refractivity contribution is 1.10. The summed E-state index contributed by atoms with van der Waals surface area (Å²) < 4.78 is 1.17. The number of hydrogen-bond donors (Lipinski definition) is 2. The number of pyridine rings is 1. The minimum atomic E-state index is 0.670. The normalized spacial score (nSPS) is 11.3. The zero-order chi connectivity index (χ0) is 18.4. The highest BCUT2D eigenvalue weighted by molar-refractivity contribution is 7.18. The van der Waals surface area contributed by atoms with Crippen LogP contribution in [0.3, 0.4) is 0 Å². The largest absolute Gasteiger partial charge is 0.338 e. The number of aryl methyl sites for hydroxylation is 1. The number of nitrogens with zero attached hydrogens (tertiary/aromatic N) is 3. The summed E-state index contributed by atoms with van der Waals surface area (Å²) in [6, 6.07) is 14.0. The van der Waals surface area contributed by atoms with Gasteiger partial charge in [0.25, 0.3) is 0 Å². The maximum absolute atomic E-state index is 6.42. The summed E-state index contributed by atoms with van der Waals surface area (Å²) in [6.45, 7) is 2.03. The van der Waals surface area contributed by atoms with Crippen molar-refractivity contribution in [2.24, 2.45) is 0 Å². The van der Waals surface area contributed by atoms with Crippen LogP contribution in [0.1, 0.15) is 5.56 Å². The lowest BCUT2D eigenvalue weighted by Crippen LogP contribution is -1.98. The van der Waals surface area contributed by atoms with E-state index in [-0.39, 0.29) is 0 Å². The summed E-state index contributed by atoms with van der Waals surface area (Å²) in [7, 11) is 0. The van der Waals surface area contributed by atoms with Gasteiger partial charge < -0.3 is 10.3 Å². The van der Waals surface area contributed by atoms with Crippen LogP contribution in [0.4, 0.5) is 11.5 Å². The average Bonchev–Trinajstić information content (AvgIpc) is 3.36. The number of thiophene rings is 1. The Morgan fingerprint density at radius 1 is 1.07 bits per heavy atom. The van der Waals surface area contributed by atoms with Crippen LogP contribution in [0.5, 0.6) is 0 Å². The lowest BCUT2D eigenvalue weighted by atomic mass is 10.1. The fourth-order valence-electron chi connectivity index (χ4n) is 3.26. The number of para-hydroxylation sites is 2. The van der Waals surface area contributed by atoms with Crippen molar-refractivity contribution in [1.29, 1.82) is 0 Å². The Kier molecular flexibility index (Phi) is 3.81. The van der Waals surface area contributed by atoms with Crippen molar-refractivity contribution in [3.05, 3.63) is 64.8 Å². The van der Waals surface area contributed by atoms with Crippen LogP contribution < -0.4 is 5.32 Å². The number of aromatic amines is 1. The summed E-state index contributed by atoms with van der Waals surface area (Å²) in [4.78, 5) is 8.03. The Morgan fingerprint density at radius 2 is 1.96 bits per heavy atom. The molecule has 0 unspecified atom stereocenters. The van der Waals surface area contributed by atoms with Crippen LogP contribution in [-0.2, 0) is 0 Å². The van der Waals surface area contributed by atoms with Gasteiger partial charge in [-0.15, -0.1) is 21.5 Å². The highest BCUT2D eigenvalue weighted by Crippen LogP contribution is 2.38. The fraction of sp³-hybridized carbons (Fsp3) is 0.0500. The molecule has 0 aliphatic carbocycles. The summed E-state index contributed by atoms with van der Waals surface area (Å²) in [5.74, 6) is 1.48. The first-order valence-corrected chi connectivity index (χ1v) is 9.66. The Balaban J connectivity index is 1.79. The van der Waals surface area contributed by atoms with Crippen molar-refractivity contribution in [3.8, 4) is 11.4 Å². The number of aromatic nitrogens is 4. The van der Waals surface area contributed by atoms with Crippen molar-refractivity contribution in [2.75, 3.05) is 5.32 Å². The molecular weight excluding hydrogens is 378 g/mol. The highest BCUT2D eigenvalue weighted by atomic mass is 35.5. The molecule has 0 aliphatic heterocycles. The number of anilines is 2. The molecular formula is C20H14ClN5S. The van der Waals surface area contributed by atoms with E-state index in [0.717, 1.165) is 38.9 Å². The zero-order valence-corrected chi connectivity index (χ0v) is 15.9. The van der Waals surface area contributed by atoms with E-state index in [0.29, 0.717) is 10.8 Å². The quantitative estimate of drug-likeness (QED) is 0.399. The Labute approximate surface area is 164 Å². The predicted molar refractivity (Wildman–Crippen MR) is 112 cm³/mol. The third-order valence-corrected chi connectivity index (χ3v) is 5.82. The van der Waals surface area contributed by atoms with Gasteiger partial charge in [0.05, 0.1) is 16.2 Å². The summed E-state index contributed by atoms with van der Waals surface area (Å²) in [5, 5.41) is 16.4. The molecule has 3 aromatic heterocycles. The number of halogens is 1. The van der Waals surface area contributed by atoms with E-state index in [1.54, 1.807) is 17.7 Å². The number of nitrogens with one attached hydrogen (secondary N) is 2. The van der Waals surface area contributed by atoms with Gasteiger partial charge in [-0.2, -0.15) is 0 Å². The molecule has 0 spiro atoms. The van der Waals surface area contributed by atoms with Gasteiger partial charge in [0, 0.05) is 21.0 Å². The van der Waals surface area contributed by atoms with Gasteiger partial charge in [-0.1, -0.05) is 35.9 Å². The molecule has 0 amide bonds. The van der Waals surface area contributed by atoms with E-state index in [9.17, 15) is 0 Å². The van der Waals surface area contributed by atoms with Crippen LogP contribution in [-0.4, -0.2) is 20.2 Å². The summed E-state index contributed by atoms with van der Waals surface area (Å²) in [6.07, 6.45) is 1.57. The van der Waals surface area contributed by atoms with E-state index in [1.807, 2.05) is 37.3 Å². The van der Waals surface area contributed by atoms with Crippen LogP contribution >= 0.6 is 22.9 Å². The van der Waals surface area contributed by atoms with Gasteiger partial charge in [-0.25, -0.2) is 4.98 Å². The molecule has 0 bridgehead atoms. The van der Waals surface area contributed by atoms with Gasteiger partial charge in [-0.05, 0) is 36.1 Å². The second kappa shape index (κ2) is 6.33. The molecule has 7 heteroatoms. The molecule has 0 fully saturated rings. The molecule has 2 N–H and O–H groups in total. The highest BCUT2D eigenvalue weighted by Gasteiger charge is 2.16. The second-order valence-electron chi connectivity index (χ2n) is 6.22. The van der Waals surface area contributed by atoms with E-state index < -0.39 is 0 Å². The predicted octanol–water partition coefficient (Wildman–Crippen LogP) is 5.94. The Morgan fingerprint density at radius 3 is 2.78 bits per heavy atom. The van der Waals surface area contributed by atoms with Crippen molar-refractivity contribution in [2.45, 2.75) is 6.92 Å². The zero-order valence-electron chi connectivity index (χ0n) is 14.3. The van der Waals surface area contributed by atoms with Gasteiger partial charge in [0.2, 0.25) is 0 Å². The maximum Gasteiger partial charge on any atom is 0.163 e. The van der Waals surface area contributed by atoms with Crippen LogP contribution in [0.15, 0.2) is 54.2 Å². The topological polar surface area (TPSA) is 66.5 Å². The molecule has 3 heterocycles. The van der Waals surface area contributed by atoms with E-state index >= 15 is 0 Å². The monoisotopic (exact) mass is 391 g/mol. The standard InChI is InChI=1S/C20H14ClN5S/c1-11-4-2-7-15(21)16(11)24-20-14-8-9-27-18(14)12-5-3-6-13(17(12)25-20)19-22-10-23-26-19/h2-10H,1H3,(H,24,25)(H,22,23,26). The van der Waals surface area contributed by atoms with Crippen molar-refractivity contribution < 1.29 is 0 Å². The summed E-state index contributed by atoms with van der Waals surface area (Å²) in [5.41, 5.74) is 3.72. The molecule has 27 heavy (non-hydrogen) atoms. The first kappa shape index (κ1) is 16.2. The molecule has 0 aliphatic rings. The van der Waals surface area contributed by atoms with Crippen molar-refractivity contribution >= 4 is 55.4 Å². The molecule has 0 radical (unpaired) electrons.